The first kappa shape index (κ1) is 11.6. The molecule has 0 radical (unpaired) electrons. The average Bonchev–Trinajstić information content (AvgIpc) is 3.10. The van der Waals surface area contributed by atoms with Crippen molar-refractivity contribution < 1.29 is 0 Å². The molecule has 1 aliphatic carbocycles. The third-order valence-electron chi connectivity index (χ3n) is 2.97. The zero-order valence-corrected chi connectivity index (χ0v) is 10.0. The molecule has 0 unspecified atom stereocenters. The molecule has 1 aliphatic rings. The van der Waals surface area contributed by atoms with E-state index in [1.54, 1.807) is 0 Å². The van der Waals surface area contributed by atoms with Gasteiger partial charge in [0.25, 0.3) is 0 Å². The Morgan fingerprint density at radius 2 is 2.31 bits per heavy atom. The number of pyridine rings is 1. The highest BCUT2D eigenvalue weighted by molar-refractivity contribution is 5.02. The van der Waals surface area contributed by atoms with Gasteiger partial charge in [0, 0.05) is 32.4 Å². The third-order valence-corrected chi connectivity index (χ3v) is 2.97. The molecule has 88 valence electrons. The van der Waals surface area contributed by atoms with E-state index in [0.717, 1.165) is 31.2 Å². The summed E-state index contributed by atoms with van der Waals surface area (Å²) in [4.78, 5) is 6.70. The largest absolute Gasteiger partial charge is 0.310 e. The van der Waals surface area contributed by atoms with Crippen molar-refractivity contribution in [1.29, 1.82) is 0 Å². The molecule has 0 aromatic carbocycles. The first-order valence-electron chi connectivity index (χ1n) is 6.14. The Hall–Kier alpha value is -0.930. The van der Waals surface area contributed by atoms with E-state index in [9.17, 15) is 0 Å². The third kappa shape index (κ3) is 4.29. The topological polar surface area (TPSA) is 28.2 Å². The van der Waals surface area contributed by atoms with Crippen LogP contribution in [0.25, 0.3) is 0 Å². The lowest BCUT2D eigenvalue weighted by Crippen LogP contribution is -2.30. The van der Waals surface area contributed by atoms with Crippen molar-refractivity contribution in [2.45, 2.75) is 19.4 Å². The average molecular weight is 219 g/mol. The molecule has 2 rings (SSSR count). The van der Waals surface area contributed by atoms with Gasteiger partial charge in [-0.05, 0) is 37.9 Å². The standard InChI is InChI=1S/C13H21N3/c1-16(11-12-5-6-12)9-8-14-10-13-4-2-3-7-15-13/h2-4,7,12,14H,5-6,8-11H2,1H3. The number of aromatic nitrogens is 1. The molecular weight excluding hydrogens is 198 g/mol. The molecule has 1 heterocycles. The molecule has 0 saturated heterocycles. The maximum absolute atomic E-state index is 4.28. The minimum absolute atomic E-state index is 0.873. The van der Waals surface area contributed by atoms with Crippen LogP contribution in [0.3, 0.4) is 0 Å². The van der Waals surface area contributed by atoms with Gasteiger partial charge in [-0.2, -0.15) is 0 Å². The van der Waals surface area contributed by atoms with Crippen LogP contribution in [0.1, 0.15) is 18.5 Å². The van der Waals surface area contributed by atoms with Crippen LogP contribution in [0.4, 0.5) is 0 Å². The first-order valence-corrected chi connectivity index (χ1v) is 6.14. The van der Waals surface area contributed by atoms with E-state index in [1.165, 1.54) is 19.4 Å². The second kappa shape index (κ2) is 5.97. The van der Waals surface area contributed by atoms with E-state index in [1.807, 2.05) is 18.3 Å². The Morgan fingerprint density at radius 1 is 1.44 bits per heavy atom. The van der Waals surface area contributed by atoms with Gasteiger partial charge in [0.1, 0.15) is 0 Å². The number of nitrogens with one attached hydrogen (secondary N) is 1. The van der Waals surface area contributed by atoms with E-state index < -0.39 is 0 Å². The zero-order chi connectivity index (χ0) is 11.2. The van der Waals surface area contributed by atoms with Gasteiger partial charge in [0.2, 0.25) is 0 Å². The summed E-state index contributed by atoms with van der Waals surface area (Å²) in [6, 6.07) is 6.04. The number of hydrogen-bond donors (Lipinski definition) is 1. The Kier molecular flexibility index (Phi) is 4.31. The van der Waals surface area contributed by atoms with Crippen LogP contribution in [0.5, 0.6) is 0 Å². The predicted molar refractivity (Wildman–Crippen MR) is 66.2 cm³/mol. The van der Waals surface area contributed by atoms with Crippen LogP contribution in [-0.2, 0) is 6.54 Å². The molecule has 1 aromatic rings. The van der Waals surface area contributed by atoms with Gasteiger partial charge < -0.3 is 10.2 Å². The fourth-order valence-electron chi connectivity index (χ4n) is 1.82. The summed E-state index contributed by atoms with van der Waals surface area (Å²) in [7, 11) is 2.21. The lowest BCUT2D eigenvalue weighted by molar-refractivity contribution is 0.318. The van der Waals surface area contributed by atoms with Crippen molar-refractivity contribution in [3.05, 3.63) is 30.1 Å². The highest BCUT2D eigenvalue weighted by atomic mass is 15.1. The smallest absolute Gasteiger partial charge is 0.0541 e. The molecule has 0 bridgehead atoms. The molecule has 0 aliphatic heterocycles. The number of rotatable bonds is 7. The SMILES string of the molecule is CN(CCNCc1ccccn1)CC1CC1. The summed E-state index contributed by atoms with van der Waals surface area (Å²) >= 11 is 0. The summed E-state index contributed by atoms with van der Waals surface area (Å²) in [5, 5.41) is 3.42. The first-order chi connectivity index (χ1) is 7.84. The second-order valence-corrected chi connectivity index (χ2v) is 4.70. The molecule has 3 heteroatoms. The molecule has 1 aromatic heterocycles. The Morgan fingerprint density at radius 3 is 3.00 bits per heavy atom. The summed E-state index contributed by atoms with van der Waals surface area (Å²) in [5.74, 6) is 0.987. The van der Waals surface area contributed by atoms with E-state index in [-0.39, 0.29) is 0 Å². The Balaban J connectivity index is 1.54. The van der Waals surface area contributed by atoms with Crippen molar-refractivity contribution in [3.63, 3.8) is 0 Å². The summed E-state index contributed by atoms with van der Waals surface area (Å²) in [6.07, 6.45) is 4.72. The maximum atomic E-state index is 4.28. The van der Waals surface area contributed by atoms with Crippen LogP contribution in [0.2, 0.25) is 0 Å². The zero-order valence-electron chi connectivity index (χ0n) is 10.0. The maximum Gasteiger partial charge on any atom is 0.0541 e. The summed E-state index contributed by atoms with van der Waals surface area (Å²) in [6.45, 7) is 4.31. The predicted octanol–water partition coefficient (Wildman–Crippen LogP) is 1.51. The van der Waals surface area contributed by atoms with Crippen molar-refractivity contribution in [1.82, 2.24) is 15.2 Å². The molecule has 1 fully saturated rings. The van der Waals surface area contributed by atoms with Gasteiger partial charge in [0.05, 0.1) is 5.69 Å². The molecule has 1 saturated carbocycles. The lowest BCUT2D eigenvalue weighted by atomic mass is 10.3. The molecule has 0 amide bonds. The van der Waals surface area contributed by atoms with Crippen molar-refractivity contribution >= 4 is 0 Å². The van der Waals surface area contributed by atoms with E-state index in [2.05, 4.69) is 28.3 Å². The highest BCUT2D eigenvalue weighted by Gasteiger charge is 2.22. The molecule has 0 spiro atoms. The van der Waals surface area contributed by atoms with Crippen molar-refractivity contribution in [2.75, 3.05) is 26.7 Å². The Labute approximate surface area is 97.9 Å². The lowest BCUT2D eigenvalue weighted by Gasteiger charge is -2.16. The molecule has 1 N–H and O–H groups in total. The minimum atomic E-state index is 0.873. The van der Waals surface area contributed by atoms with E-state index in [4.69, 9.17) is 0 Å². The van der Waals surface area contributed by atoms with Gasteiger partial charge in [-0.15, -0.1) is 0 Å². The van der Waals surface area contributed by atoms with Gasteiger partial charge >= 0.3 is 0 Å². The van der Waals surface area contributed by atoms with Gasteiger partial charge in [-0.3, -0.25) is 4.98 Å². The fraction of sp³-hybridized carbons (Fsp3) is 0.615. The van der Waals surface area contributed by atoms with E-state index in [0.29, 0.717) is 0 Å². The monoisotopic (exact) mass is 219 g/mol. The van der Waals surface area contributed by atoms with Crippen LogP contribution in [0, 0.1) is 5.92 Å². The summed E-state index contributed by atoms with van der Waals surface area (Å²) in [5.41, 5.74) is 1.12. The summed E-state index contributed by atoms with van der Waals surface area (Å²) < 4.78 is 0. The normalized spacial score (nSPS) is 15.6. The number of likely N-dealkylation sites (N-methyl/N-ethyl adjacent to an activating group) is 1. The number of nitrogens with zero attached hydrogens (tertiary/aromatic N) is 2. The van der Waals surface area contributed by atoms with Gasteiger partial charge in [-0.1, -0.05) is 6.07 Å². The molecular formula is C13H21N3. The van der Waals surface area contributed by atoms with Crippen LogP contribution >= 0.6 is 0 Å². The van der Waals surface area contributed by atoms with Crippen LogP contribution < -0.4 is 5.32 Å². The van der Waals surface area contributed by atoms with Crippen LogP contribution in [0.15, 0.2) is 24.4 Å². The molecule has 3 nitrogen and oxygen atoms in total. The molecule has 16 heavy (non-hydrogen) atoms. The Bertz CT molecular complexity index is 295. The van der Waals surface area contributed by atoms with Crippen molar-refractivity contribution in [2.24, 2.45) is 5.92 Å². The van der Waals surface area contributed by atoms with Gasteiger partial charge in [0.15, 0.2) is 0 Å². The second-order valence-electron chi connectivity index (χ2n) is 4.70. The van der Waals surface area contributed by atoms with Crippen LogP contribution in [-0.4, -0.2) is 36.6 Å². The minimum Gasteiger partial charge on any atom is -0.310 e. The quantitative estimate of drug-likeness (QED) is 0.705. The fourth-order valence-corrected chi connectivity index (χ4v) is 1.82. The van der Waals surface area contributed by atoms with Crippen molar-refractivity contribution in [3.8, 4) is 0 Å². The van der Waals surface area contributed by atoms with Gasteiger partial charge in [-0.25, -0.2) is 0 Å². The highest BCUT2D eigenvalue weighted by Crippen LogP contribution is 2.29. The molecule has 0 atom stereocenters. The number of hydrogen-bond acceptors (Lipinski definition) is 3. The van der Waals surface area contributed by atoms with E-state index >= 15 is 0 Å².